The van der Waals surface area contributed by atoms with Gasteiger partial charge < -0.3 is 10.1 Å². The molecule has 0 unspecified atom stereocenters. The molecule has 3 nitrogen and oxygen atoms in total. The summed E-state index contributed by atoms with van der Waals surface area (Å²) >= 11 is 0. The number of carbonyl (C=O) groups excluding carboxylic acids is 1. The summed E-state index contributed by atoms with van der Waals surface area (Å²) in [6, 6.07) is 0.654. The number of nitrogens with one attached hydrogen (secondary N) is 1. The van der Waals surface area contributed by atoms with E-state index in [1.165, 1.54) is 31.8 Å². The first-order chi connectivity index (χ1) is 6.83. The van der Waals surface area contributed by atoms with Crippen LogP contribution in [0.3, 0.4) is 0 Å². The third-order valence-corrected chi connectivity index (χ3v) is 2.42. The minimum Gasteiger partial charge on any atom is -0.463 e. The van der Waals surface area contributed by atoms with Gasteiger partial charge in [0.2, 0.25) is 0 Å². The molecule has 1 aliphatic carbocycles. The third-order valence-electron chi connectivity index (χ3n) is 2.42. The Morgan fingerprint density at radius 1 is 1.50 bits per heavy atom. The fraction of sp³-hybridized carbons (Fsp3) is 0.727. The highest BCUT2D eigenvalue weighted by Gasteiger charge is 2.12. The van der Waals surface area contributed by atoms with Crippen LogP contribution in [0.2, 0.25) is 0 Å². The van der Waals surface area contributed by atoms with Gasteiger partial charge in [0.1, 0.15) is 0 Å². The Bertz CT molecular complexity index is 195. The van der Waals surface area contributed by atoms with E-state index in [1.807, 2.05) is 13.0 Å². The first-order valence-electron chi connectivity index (χ1n) is 5.39. The first-order valence-corrected chi connectivity index (χ1v) is 5.39. The fourth-order valence-electron chi connectivity index (χ4n) is 1.71. The topological polar surface area (TPSA) is 38.3 Å². The van der Waals surface area contributed by atoms with Crippen molar-refractivity contribution in [2.75, 3.05) is 13.2 Å². The van der Waals surface area contributed by atoms with Crippen LogP contribution in [0.4, 0.5) is 0 Å². The van der Waals surface area contributed by atoms with Gasteiger partial charge >= 0.3 is 5.97 Å². The number of hydrogen-bond acceptors (Lipinski definition) is 3. The third kappa shape index (κ3) is 4.42. The summed E-state index contributed by atoms with van der Waals surface area (Å²) in [4.78, 5) is 10.9. The van der Waals surface area contributed by atoms with E-state index in [2.05, 4.69) is 5.32 Å². The Kier molecular flexibility index (Phi) is 5.30. The number of esters is 1. The number of hydrogen-bond donors (Lipinski definition) is 1. The van der Waals surface area contributed by atoms with E-state index in [1.54, 1.807) is 0 Å². The zero-order valence-electron chi connectivity index (χ0n) is 8.79. The molecule has 0 saturated heterocycles. The van der Waals surface area contributed by atoms with E-state index >= 15 is 0 Å². The summed E-state index contributed by atoms with van der Waals surface area (Å²) in [6.07, 6.45) is 8.53. The summed E-state index contributed by atoms with van der Waals surface area (Å²) in [5.41, 5.74) is 0. The first kappa shape index (κ1) is 11.2. The SMILES string of the molecule is CCOC(=O)/C=C/CNC1CCCC1. The Labute approximate surface area is 85.5 Å². The molecule has 80 valence electrons. The molecule has 0 aromatic heterocycles. The van der Waals surface area contributed by atoms with Crippen LogP contribution in [-0.2, 0) is 9.53 Å². The second kappa shape index (κ2) is 6.60. The molecule has 1 N–H and O–H groups in total. The predicted octanol–water partition coefficient (Wildman–Crippen LogP) is 1.64. The Balaban J connectivity index is 2.04. The van der Waals surface area contributed by atoms with Crippen LogP contribution < -0.4 is 5.32 Å². The monoisotopic (exact) mass is 197 g/mol. The quantitative estimate of drug-likeness (QED) is 0.538. The van der Waals surface area contributed by atoms with Crippen molar-refractivity contribution in [3.63, 3.8) is 0 Å². The highest BCUT2D eigenvalue weighted by Crippen LogP contribution is 2.17. The molecule has 0 bridgehead atoms. The van der Waals surface area contributed by atoms with E-state index in [0.717, 1.165) is 6.54 Å². The molecule has 1 saturated carbocycles. The van der Waals surface area contributed by atoms with Gasteiger partial charge in [0, 0.05) is 18.7 Å². The Morgan fingerprint density at radius 2 is 2.21 bits per heavy atom. The zero-order chi connectivity index (χ0) is 10.2. The van der Waals surface area contributed by atoms with E-state index < -0.39 is 0 Å². The largest absolute Gasteiger partial charge is 0.463 e. The van der Waals surface area contributed by atoms with E-state index in [-0.39, 0.29) is 5.97 Å². The average molecular weight is 197 g/mol. The Morgan fingerprint density at radius 3 is 2.86 bits per heavy atom. The molecule has 1 fully saturated rings. The Hall–Kier alpha value is -0.830. The molecular weight excluding hydrogens is 178 g/mol. The second-order valence-electron chi connectivity index (χ2n) is 3.54. The van der Waals surface area contributed by atoms with Crippen LogP contribution in [0, 0.1) is 0 Å². The molecule has 0 radical (unpaired) electrons. The van der Waals surface area contributed by atoms with Gasteiger partial charge in [-0.2, -0.15) is 0 Å². The summed E-state index contributed by atoms with van der Waals surface area (Å²) < 4.78 is 4.76. The van der Waals surface area contributed by atoms with Crippen LogP contribution in [0.1, 0.15) is 32.6 Å². The summed E-state index contributed by atoms with van der Waals surface area (Å²) in [5, 5.41) is 3.38. The van der Waals surface area contributed by atoms with Gasteiger partial charge in [-0.25, -0.2) is 4.79 Å². The van der Waals surface area contributed by atoms with Gasteiger partial charge in [-0.15, -0.1) is 0 Å². The average Bonchev–Trinajstić information content (AvgIpc) is 2.65. The van der Waals surface area contributed by atoms with E-state index in [9.17, 15) is 4.79 Å². The van der Waals surface area contributed by atoms with Gasteiger partial charge in [0.15, 0.2) is 0 Å². The smallest absolute Gasteiger partial charge is 0.330 e. The van der Waals surface area contributed by atoms with Crippen LogP contribution >= 0.6 is 0 Å². The minimum absolute atomic E-state index is 0.249. The van der Waals surface area contributed by atoms with Gasteiger partial charge in [-0.3, -0.25) is 0 Å². The lowest BCUT2D eigenvalue weighted by molar-refractivity contribution is -0.137. The maximum Gasteiger partial charge on any atom is 0.330 e. The van der Waals surface area contributed by atoms with Crippen molar-refractivity contribution in [1.82, 2.24) is 5.32 Å². The van der Waals surface area contributed by atoms with Crippen molar-refractivity contribution in [2.45, 2.75) is 38.6 Å². The zero-order valence-corrected chi connectivity index (χ0v) is 8.79. The van der Waals surface area contributed by atoms with Gasteiger partial charge in [0.25, 0.3) is 0 Å². The van der Waals surface area contributed by atoms with Crippen LogP contribution in [-0.4, -0.2) is 25.2 Å². The van der Waals surface area contributed by atoms with Crippen molar-refractivity contribution in [1.29, 1.82) is 0 Å². The molecule has 0 amide bonds. The van der Waals surface area contributed by atoms with Crippen molar-refractivity contribution < 1.29 is 9.53 Å². The van der Waals surface area contributed by atoms with E-state index in [4.69, 9.17) is 4.74 Å². The standard InChI is InChI=1S/C11H19NO2/c1-2-14-11(13)8-5-9-12-10-6-3-4-7-10/h5,8,10,12H,2-4,6-7,9H2,1H3/b8-5+. The maximum atomic E-state index is 10.9. The molecule has 0 aromatic carbocycles. The molecule has 0 atom stereocenters. The van der Waals surface area contributed by atoms with Crippen LogP contribution in [0.15, 0.2) is 12.2 Å². The van der Waals surface area contributed by atoms with Gasteiger partial charge in [0.05, 0.1) is 6.61 Å². The van der Waals surface area contributed by atoms with Gasteiger partial charge in [-0.05, 0) is 19.8 Å². The fourth-order valence-corrected chi connectivity index (χ4v) is 1.71. The number of ether oxygens (including phenoxy) is 1. The predicted molar refractivity (Wildman–Crippen MR) is 56.0 cm³/mol. The summed E-state index contributed by atoms with van der Waals surface area (Å²) in [7, 11) is 0. The highest BCUT2D eigenvalue weighted by atomic mass is 16.5. The molecule has 0 spiro atoms. The van der Waals surface area contributed by atoms with Crippen molar-refractivity contribution >= 4 is 5.97 Å². The molecule has 3 heteroatoms. The van der Waals surface area contributed by atoms with Crippen LogP contribution in [0.25, 0.3) is 0 Å². The normalized spacial score (nSPS) is 17.8. The molecule has 0 aromatic rings. The molecule has 1 rings (SSSR count). The van der Waals surface area contributed by atoms with E-state index in [0.29, 0.717) is 12.6 Å². The lowest BCUT2D eigenvalue weighted by atomic mass is 10.2. The van der Waals surface area contributed by atoms with Crippen molar-refractivity contribution in [2.24, 2.45) is 0 Å². The lowest BCUT2D eigenvalue weighted by Crippen LogP contribution is -2.25. The lowest BCUT2D eigenvalue weighted by Gasteiger charge is -2.08. The van der Waals surface area contributed by atoms with Gasteiger partial charge in [-0.1, -0.05) is 18.9 Å². The second-order valence-corrected chi connectivity index (χ2v) is 3.54. The molecule has 14 heavy (non-hydrogen) atoms. The molecule has 1 aliphatic rings. The van der Waals surface area contributed by atoms with Crippen molar-refractivity contribution in [3.05, 3.63) is 12.2 Å². The molecule has 0 aliphatic heterocycles. The van der Waals surface area contributed by atoms with Crippen molar-refractivity contribution in [3.8, 4) is 0 Å². The molecule has 0 heterocycles. The maximum absolute atomic E-state index is 10.9. The minimum atomic E-state index is -0.249. The molecular formula is C11H19NO2. The summed E-state index contributed by atoms with van der Waals surface area (Å²) in [5.74, 6) is -0.249. The number of rotatable bonds is 5. The summed E-state index contributed by atoms with van der Waals surface area (Å²) in [6.45, 7) is 3.02. The number of carbonyl (C=O) groups is 1. The highest BCUT2D eigenvalue weighted by molar-refractivity contribution is 5.81. The van der Waals surface area contributed by atoms with Crippen LogP contribution in [0.5, 0.6) is 0 Å².